The average Bonchev–Trinajstić information content (AvgIpc) is 2.31. The van der Waals surface area contributed by atoms with Crippen LogP contribution in [0.4, 0.5) is 0 Å². The van der Waals surface area contributed by atoms with Crippen molar-refractivity contribution in [3.8, 4) is 0 Å². The van der Waals surface area contributed by atoms with Crippen LogP contribution in [-0.4, -0.2) is 34.7 Å². The molecule has 0 spiro atoms. The maximum absolute atomic E-state index is 11.8. The van der Waals surface area contributed by atoms with Gasteiger partial charge in [-0.3, -0.25) is 4.79 Å². The van der Waals surface area contributed by atoms with Crippen molar-refractivity contribution in [3.63, 3.8) is 0 Å². The molecule has 5 nitrogen and oxygen atoms in total. The summed E-state index contributed by atoms with van der Waals surface area (Å²) in [6, 6.07) is 5.55. The maximum atomic E-state index is 11.8. The number of aliphatic hydroxyl groups is 1. The predicted molar refractivity (Wildman–Crippen MR) is 66.5 cm³/mol. The lowest BCUT2D eigenvalue weighted by atomic mass is 10.1. The molecule has 1 aromatic rings. The molecule has 0 fully saturated rings. The quantitative estimate of drug-likeness (QED) is 0.724. The van der Waals surface area contributed by atoms with Crippen LogP contribution in [0.5, 0.6) is 0 Å². The molecule has 3 N–H and O–H groups in total. The zero-order chi connectivity index (χ0) is 13.7. The van der Waals surface area contributed by atoms with E-state index in [0.29, 0.717) is 5.56 Å². The van der Waals surface area contributed by atoms with Gasteiger partial charge in [0.2, 0.25) is 0 Å². The van der Waals surface area contributed by atoms with Crippen LogP contribution in [0.1, 0.15) is 27.9 Å². The van der Waals surface area contributed by atoms with Gasteiger partial charge in [0.25, 0.3) is 5.91 Å². The predicted octanol–water partition coefficient (Wildman–Crippen LogP) is 0.869. The molecule has 1 amide bonds. The number of hydrogen-bond donors (Lipinski definition) is 3. The number of nitrogens with one attached hydrogen (secondary N) is 1. The van der Waals surface area contributed by atoms with Gasteiger partial charge < -0.3 is 15.5 Å². The van der Waals surface area contributed by atoms with Crippen molar-refractivity contribution in [2.24, 2.45) is 0 Å². The first-order valence-corrected chi connectivity index (χ1v) is 5.68. The number of carbonyl (C=O) groups is 2. The minimum Gasteiger partial charge on any atom is -0.479 e. The van der Waals surface area contributed by atoms with E-state index in [2.05, 4.69) is 5.32 Å². The van der Waals surface area contributed by atoms with Gasteiger partial charge in [-0.2, -0.15) is 0 Å². The maximum Gasteiger partial charge on any atom is 0.332 e. The molecule has 0 aliphatic rings. The number of carboxylic acid groups (broad SMARTS) is 1. The third-order valence-electron chi connectivity index (χ3n) is 2.63. The van der Waals surface area contributed by atoms with E-state index in [4.69, 9.17) is 10.2 Å². The lowest BCUT2D eigenvalue weighted by Gasteiger charge is -2.09. The lowest BCUT2D eigenvalue weighted by molar-refractivity contribution is -0.146. The highest BCUT2D eigenvalue weighted by atomic mass is 16.4. The Bertz CT molecular complexity index is 456. The van der Waals surface area contributed by atoms with Crippen molar-refractivity contribution < 1.29 is 19.8 Å². The van der Waals surface area contributed by atoms with Gasteiger partial charge in [-0.05, 0) is 25.5 Å². The highest BCUT2D eigenvalue weighted by Crippen LogP contribution is 2.10. The fraction of sp³-hybridized carbons (Fsp3) is 0.385. The van der Waals surface area contributed by atoms with Crippen molar-refractivity contribution in [2.45, 2.75) is 26.4 Å². The van der Waals surface area contributed by atoms with E-state index < -0.39 is 12.1 Å². The molecule has 18 heavy (non-hydrogen) atoms. The third kappa shape index (κ3) is 3.85. The summed E-state index contributed by atoms with van der Waals surface area (Å²) in [7, 11) is 0. The minimum atomic E-state index is -1.44. The molecule has 0 bridgehead atoms. The van der Waals surface area contributed by atoms with Gasteiger partial charge >= 0.3 is 5.97 Å². The average molecular weight is 251 g/mol. The second-order valence-corrected chi connectivity index (χ2v) is 4.22. The van der Waals surface area contributed by atoms with E-state index in [9.17, 15) is 9.59 Å². The van der Waals surface area contributed by atoms with Crippen LogP contribution in [-0.2, 0) is 4.79 Å². The topological polar surface area (TPSA) is 86.6 Å². The van der Waals surface area contributed by atoms with Crippen LogP contribution in [0.25, 0.3) is 0 Å². The summed E-state index contributed by atoms with van der Waals surface area (Å²) in [6.45, 7) is 3.85. The smallest absolute Gasteiger partial charge is 0.332 e. The number of amides is 1. The Morgan fingerprint density at radius 2 is 2.00 bits per heavy atom. The Kier molecular flexibility index (Phi) is 4.85. The zero-order valence-corrected chi connectivity index (χ0v) is 10.4. The summed E-state index contributed by atoms with van der Waals surface area (Å²) in [6.07, 6.45) is -1.45. The van der Waals surface area contributed by atoms with Crippen molar-refractivity contribution in [3.05, 3.63) is 34.9 Å². The Morgan fingerprint density at radius 1 is 1.33 bits per heavy atom. The van der Waals surface area contributed by atoms with Gasteiger partial charge in [-0.1, -0.05) is 17.7 Å². The second-order valence-electron chi connectivity index (χ2n) is 4.22. The van der Waals surface area contributed by atoms with E-state index in [1.807, 2.05) is 26.0 Å². The first kappa shape index (κ1) is 14.2. The van der Waals surface area contributed by atoms with Crippen molar-refractivity contribution >= 4 is 11.9 Å². The van der Waals surface area contributed by atoms with Crippen LogP contribution in [0.2, 0.25) is 0 Å². The van der Waals surface area contributed by atoms with Gasteiger partial charge in [0.15, 0.2) is 6.10 Å². The molecule has 0 heterocycles. The largest absolute Gasteiger partial charge is 0.479 e. The Morgan fingerprint density at radius 3 is 2.61 bits per heavy atom. The summed E-state index contributed by atoms with van der Waals surface area (Å²) in [5.74, 6) is -1.54. The number of aliphatic carboxylic acids is 1. The van der Waals surface area contributed by atoms with Crippen LogP contribution in [0.15, 0.2) is 18.2 Å². The Balaban J connectivity index is 2.55. The molecule has 1 unspecified atom stereocenters. The summed E-state index contributed by atoms with van der Waals surface area (Å²) in [5.41, 5.74) is 2.41. The normalized spacial score (nSPS) is 11.9. The monoisotopic (exact) mass is 251 g/mol. The number of hydrogen-bond acceptors (Lipinski definition) is 3. The van der Waals surface area contributed by atoms with E-state index in [1.54, 1.807) is 6.07 Å². The summed E-state index contributed by atoms with van der Waals surface area (Å²) < 4.78 is 0. The van der Waals surface area contributed by atoms with Gasteiger partial charge in [0, 0.05) is 18.5 Å². The third-order valence-corrected chi connectivity index (χ3v) is 2.63. The molecule has 0 radical (unpaired) electrons. The fourth-order valence-corrected chi connectivity index (χ4v) is 1.52. The Hall–Kier alpha value is -1.88. The van der Waals surface area contributed by atoms with Crippen molar-refractivity contribution in [2.75, 3.05) is 6.54 Å². The number of aliphatic hydroxyl groups excluding tert-OH is 1. The Labute approximate surface area is 105 Å². The molecular formula is C13H17NO4. The first-order chi connectivity index (χ1) is 8.41. The summed E-state index contributed by atoms with van der Waals surface area (Å²) in [5, 5.41) is 20.1. The molecule has 98 valence electrons. The minimum absolute atomic E-state index is 0.00800. The van der Waals surface area contributed by atoms with Crippen LogP contribution < -0.4 is 5.32 Å². The summed E-state index contributed by atoms with van der Waals surface area (Å²) >= 11 is 0. The van der Waals surface area contributed by atoms with E-state index in [-0.39, 0.29) is 18.9 Å². The molecule has 1 rings (SSSR count). The van der Waals surface area contributed by atoms with Crippen molar-refractivity contribution in [1.82, 2.24) is 5.32 Å². The second kappa shape index (κ2) is 6.16. The summed E-state index contributed by atoms with van der Waals surface area (Å²) in [4.78, 5) is 22.2. The van der Waals surface area contributed by atoms with Gasteiger partial charge in [-0.15, -0.1) is 0 Å². The fourth-order valence-electron chi connectivity index (χ4n) is 1.52. The van der Waals surface area contributed by atoms with Crippen LogP contribution in [0.3, 0.4) is 0 Å². The zero-order valence-electron chi connectivity index (χ0n) is 10.4. The molecular weight excluding hydrogens is 234 g/mol. The van der Waals surface area contributed by atoms with Gasteiger partial charge in [0.05, 0.1) is 0 Å². The molecule has 5 heteroatoms. The number of aryl methyl sites for hydroxylation is 2. The highest BCUT2D eigenvalue weighted by Gasteiger charge is 2.14. The SMILES string of the molecule is Cc1ccc(C)c(C(=O)NCCC(O)C(=O)O)c1. The number of carboxylic acids is 1. The standard InChI is InChI=1S/C13H17NO4/c1-8-3-4-9(2)10(7-8)12(16)14-6-5-11(15)13(17)18/h3-4,7,11,15H,5-6H2,1-2H3,(H,14,16)(H,17,18). The molecule has 0 aliphatic carbocycles. The molecule has 1 aromatic carbocycles. The first-order valence-electron chi connectivity index (χ1n) is 5.68. The number of benzene rings is 1. The van der Waals surface area contributed by atoms with E-state index in [0.717, 1.165) is 11.1 Å². The number of rotatable bonds is 5. The molecule has 0 aromatic heterocycles. The molecule has 0 saturated carbocycles. The molecule has 1 atom stereocenters. The van der Waals surface area contributed by atoms with Crippen LogP contribution >= 0.6 is 0 Å². The van der Waals surface area contributed by atoms with Gasteiger partial charge in [-0.25, -0.2) is 4.79 Å². The van der Waals surface area contributed by atoms with Gasteiger partial charge in [0.1, 0.15) is 0 Å². The highest BCUT2D eigenvalue weighted by molar-refractivity contribution is 5.95. The van der Waals surface area contributed by atoms with E-state index >= 15 is 0 Å². The molecule has 0 aliphatic heterocycles. The lowest BCUT2D eigenvalue weighted by Crippen LogP contribution is -2.30. The number of carbonyl (C=O) groups excluding carboxylic acids is 1. The van der Waals surface area contributed by atoms with Crippen molar-refractivity contribution in [1.29, 1.82) is 0 Å². The van der Waals surface area contributed by atoms with E-state index in [1.165, 1.54) is 0 Å². The van der Waals surface area contributed by atoms with Crippen LogP contribution in [0, 0.1) is 13.8 Å². The molecule has 0 saturated heterocycles.